The molecule has 1 aromatic carbocycles. The van der Waals surface area contributed by atoms with Crippen molar-refractivity contribution in [3.63, 3.8) is 0 Å². The fourth-order valence-corrected chi connectivity index (χ4v) is 3.95. The number of rotatable bonds is 4. The maximum absolute atomic E-state index is 14.0. The third-order valence-electron chi connectivity index (χ3n) is 4.81. The van der Waals surface area contributed by atoms with Gasteiger partial charge in [0.1, 0.15) is 5.82 Å². The van der Waals surface area contributed by atoms with Gasteiger partial charge in [0, 0.05) is 29.2 Å². The van der Waals surface area contributed by atoms with E-state index >= 15 is 0 Å². The van der Waals surface area contributed by atoms with Gasteiger partial charge in [0.05, 0.1) is 0 Å². The van der Waals surface area contributed by atoms with Crippen LogP contribution in [0.25, 0.3) is 0 Å². The molecule has 0 bridgehead atoms. The van der Waals surface area contributed by atoms with E-state index < -0.39 is 0 Å². The molecule has 116 valence electrons. The van der Waals surface area contributed by atoms with Crippen molar-refractivity contribution < 1.29 is 4.39 Å². The summed E-state index contributed by atoms with van der Waals surface area (Å²) >= 11 is 3.33. The first-order chi connectivity index (χ1) is 10.2. The van der Waals surface area contributed by atoms with Gasteiger partial charge in [-0.15, -0.1) is 0 Å². The summed E-state index contributed by atoms with van der Waals surface area (Å²) < 4.78 is 14.8. The molecule has 2 aliphatic rings. The van der Waals surface area contributed by atoms with E-state index in [4.69, 9.17) is 0 Å². The summed E-state index contributed by atoms with van der Waals surface area (Å²) in [7, 11) is 0. The van der Waals surface area contributed by atoms with Gasteiger partial charge in [0.2, 0.25) is 0 Å². The van der Waals surface area contributed by atoms with Crippen molar-refractivity contribution in [3.8, 4) is 0 Å². The Morgan fingerprint density at radius 1 is 1.10 bits per heavy atom. The van der Waals surface area contributed by atoms with Crippen molar-refractivity contribution in [3.05, 3.63) is 34.1 Å². The largest absolute Gasteiger partial charge is 0.302 e. The average Bonchev–Trinajstić information content (AvgIpc) is 2.90. The second-order valence-corrected chi connectivity index (χ2v) is 7.28. The Bertz CT molecular complexity index is 474. The molecule has 0 spiro atoms. The average molecular weight is 355 g/mol. The molecule has 0 aromatic heterocycles. The fourth-order valence-electron chi connectivity index (χ4n) is 3.62. The van der Waals surface area contributed by atoms with Crippen LogP contribution < -0.4 is 0 Å². The van der Waals surface area contributed by atoms with Gasteiger partial charge in [-0.05, 0) is 57.5 Å². The van der Waals surface area contributed by atoms with Crippen LogP contribution in [-0.4, -0.2) is 42.0 Å². The number of piperidine rings is 1. The predicted octanol–water partition coefficient (Wildman–Crippen LogP) is 4.04. The van der Waals surface area contributed by atoms with E-state index in [2.05, 4.69) is 25.7 Å². The van der Waals surface area contributed by atoms with E-state index in [9.17, 15) is 4.39 Å². The Labute approximate surface area is 135 Å². The molecule has 2 fully saturated rings. The van der Waals surface area contributed by atoms with Crippen LogP contribution >= 0.6 is 15.9 Å². The van der Waals surface area contributed by atoms with Crippen LogP contribution in [0.1, 0.15) is 37.7 Å². The number of hydrogen-bond acceptors (Lipinski definition) is 2. The van der Waals surface area contributed by atoms with Crippen LogP contribution in [-0.2, 0) is 6.54 Å². The zero-order valence-electron chi connectivity index (χ0n) is 12.5. The molecule has 2 nitrogen and oxygen atoms in total. The van der Waals surface area contributed by atoms with E-state index in [1.807, 2.05) is 12.1 Å². The second-order valence-electron chi connectivity index (χ2n) is 6.36. The van der Waals surface area contributed by atoms with Crippen molar-refractivity contribution in [1.29, 1.82) is 0 Å². The topological polar surface area (TPSA) is 6.48 Å². The third kappa shape index (κ3) is 4.05. The molecule has 3 rings (SSSR count). The summed E-state index contributed by atoms with van der Waals surface area (Å²) in [6.45, 7) is 5.51. The normalized spacial score (nSPS) is 24.6. The highest BCUT2D eigenvalue weighted by Gasteiger charge is 2.27. The van der Waals surface area contributed by atoms with Gasteiger partial charge in [-0.2, -0.15) is 0 Å². The third-order valence-corrected chi connectivity index (χ3v) is 5.30. The van der Waals surface area contributed by atoms with Crippen LogP contribution in [0, 0.1) is 5.82 Å². The van der Waals surface area contributed by atoms with Gasteiger partial charge in [-0.3, -0.25) is 4.90 Å². The summed E-state index contributed by atoms with van der Waals surface area (Å²) in [6.07, 6.45) is 6.57. The Hall–Kier alpha value is -0.450. The molecular weight excluding hydrogens is 331 g/mol. The van der Waals surface area contributed by atoms with Crippen molar-refractivity contribution in [2.75, 3.05) is 26.2 Å². The molecule has 0 radical (unpaired) electrons. The van der Waals surface area contributed by atoms with Crippen molar-refractivity contribution >= 4 is 15.9 Å². The number of nitrogens with zero attached hydrogens (tertiary/aromatic N) is 2. The van der Waals surface area contributed by atoms with Crippen molar-refractivity contribution in [1.82, 2.24) is 9.80 Å². The van der Waals surface area contributed by atoms with Gasteiger partial charge >= 0.3 is 0 Å². The monoisotopic (exact) mass is 354 g/mol. The highest BCUT2D eigenvalue weighted by atomic mass is 79.9. The number of hydrogen-bond donors (Lipinski definition) is 0. The minimum atomic E-state index is -0.0898. The summed E-state index contributed by atoms with van der Waals surface area (Å²) in [5, 5.41) is 0. The lowest BCUT2D eigenvalue weighted by Gasteiger charge is -2.33. The van der Waals surface area contributed by atoms with Crippen LogP contribution in [0.5, 0.6) is 0 Å². The predicted molar refractivity (Wildman–Crippen MR) is 87.8 cm³/mol. The molecule has 4 heteroatoms. The quantitative estimate of drug-likeness (QED) is 0.804. The second kappa shape index (κ2) is 7.21. The summed E-state index contributed by atoms with van der Waals surface area (Å²) in [4.78, 5) is 5.07. The van der Waals surface area contributed by atoms with Gasteiger partial charge in [0.15, 0.2) is 0 Å². The fraction of sp³-hybridized carbons (Fsp3) is 0.647. The molecule has 1 unspecified atom stereocenters. The molecule has 0 saturated carbocycles. The van der Waals surface area contributed by atoms with Crippen LogP contribution in [0.4, 0.5) is 4.39 Å². The first kappa shape index (κ1) is 15.4. The van der Waals surface area contributed by atoms with Crippen LogP contribution in [0.3, 0.4) is 0 Å². The maximum Gasteiger partial charge on any atom is 0.128 e. The molecule has 2 saturated heterocycles. The summed E-state index contributed by atoms with van der Waals surface area (Å²) in [5.41, 5.74) is 0.823. The van der Waals surface area contributed by atoms with Gasteiger partial charge in [-0.1, -0.05) is 28.4 Å². The molecule has 0 aliphatic carbocycles. The van der Waals surface area contributed by atoms with E-state index in [1.54, 1.807) is 6.07 Å². The SMILES string of the molecule is Fc1cc(Br)ccc1CN1CCCC1CN1CCCCC1. The Morgan fingerprint density at radius 3 is 2.67 bits per heavy atom. The van der Waals surface area contributed by atoms with E-state index in [0.29, 0.717) is 6.04 Å². The molecule has 1 aromatic rings. The first-order valence-electron chi connectivity index (χ1n) is 8.13. The molecule has 0 amide bonds. The standard InChI is InChI=1S/C17H24BrFN2/c18-15-7-6-14(17(19)11-15)12-21-10-4-5-16(21)13-20-8-2-1-3-9-20/h6-7,11,16H,1-5,8-10,12-13H2. The van der Waals surface area contributed by atoms with Crippen LogP contribution in [0.15, 0.2) is 22.7 Å². The highest BCUT2D eigenvalue weighted by molar-refractivity contribution is 9.10. The Morgan fingerprint density at radius 2 is 1.90 bits per heavy atom. The lowest BCUT2D eigenvalue weighted by molar-refractivity contribution is 0.148. The lowest BCUT2D eigenvalue weighted by Crippen LogP contribution is -2.42. The van der Waals surface area contributed by atoms with Crippen molar-refractivity contribution in [2.45, 2.75) is 44.7 Å². The van der Waals surface area contributed by atoms with Gasteiger partial charge in [0.25, 0.3) is 0 Å². The molecule has 2 heterocycles. The Kier molecular flexibility index (Phi) is 5.30. The van der Waals surface area contributed by atoms with E-state index in [-0.39, 0.29) is 5.82 Å². The number of halogens is 2. The highest BCUT2D eigenvalue weighted by Crippen LogP contribution is 2.24. The first-order valence-corrected chi connectivity index (χ1v) is 8.92. The lowest BCUT2D eigenvalue weighted by atomic mass is 10.1. The minimum absolute atomic E-state index is 0.0898. The number of likely N-dealkylation sites (tertiary alicyclic amines) is 2. The van der Waals surface area contributed by atoms with Crippen LogP contribution in [0.2, 0.25) is 0 Å². The molecule has 2 aliphatic heterocycles. The smallest absolute Gasteiger partial charge is 0.128 e. The minimum Gasteiger partial charge on any atom is -0.302 e. The van der Waals surface area contributed by atoms with Gasteiger partial charge < -0.3 is 4.90 Å². The van der Waals surface area contributed by atoms with E-state index in [0.717, 1.165) is 29.7 Å². The molecule has 1 atom stereocenters. The Balaban J connectivity index is 1.60. The number of benzene rings is 1. The molecular formula is C17H24BrFN2. The van der Waals surface area contributed by atoms with Crippen molar-refractivity contribution in [2.24, 2.45) is 0 Å². The summed E-state index contributed by atoms with van der Waals surface area (Å²) in [5.74, 6) is -0.0898. The maximum atomic E-state index is 14.0. The van der Waals surface area contributed by atoms with Gasteiger partial charge in [-0.25, -0.2) is 4.39 Å². The zero-order chi connectivity index (χ0) is 14.7. The zero-order valence-corrected chi connectivity index (χ0v) is 14.1. The molecule has 0 N–H and O–H groups in total. The summed E-state index contributed by atoms with van der Waals surface area (Å²) in [6, 6.07) is 6.03. The van der Waals surface area contributed by atoms with E-state index in [1.165, 1.54) is 45.2 Å². The molecule has 21 heavy (non-hydrogen) atoms.